The molecule has 4 rings (SSSR count). The first-order chi connectivity index (χ1) is 11.2. The summed E-state index contributed by atoms with van der Waals surface area (Å²) < 4.78 is 13.1. The molecule has 23 heavy (non-hydrogen) atoms. The number of halogens is 1. The maximum Gasteiger partial charge on any atom is 0.178 e. The molecule has 0 spiro atoms. The molecule has 1 N–H and O–H groups in total. The summed E-state index contributed by atoms with van der Waals surface area (Å²) >= 11 is 1.61. The summed E-state index contributed by atoms with van der Waals surface area (Å²) in [5, 5.41) is 12.4. The predicted molar refractivity (Wildman–Crippen MR) is 90.8 cm³/mol. The third-order valence-corrected chi connectivity index (χ3v) is 5.78. The molecule has 2 aliphatic heterocycles. The van der Waals surface area contributed by atoms with Gasteiger partial charge in [-0.05, 0) is 24.1 Å². The molecule has 2 aliphatic rings. The maximum absolute atomic E-state index is 13.1. The van der Waals surface area contributed by atoms with Gasteiger partial charge >= 0.3 is 0 Å². The summed E-state index contributed by atoms with van der Waals surface area (Å²) in [6, 6.07) is 16.3. The minimum atomic E-state index is -1.07. The molecule has 2 aromatic carbocycles. The van der Waals surface area contributed by atoms with Gasteiger partial charge in [-0.3, -0.25) is 4.99 Å². The van der Waals surface area contributed by atoms with E-state index in [0.717, 1.165) is 29.4 Å². The lowest BCUT2D eigenvalue weighted by Gasteiger charge is -2.36. The fourth-order valence-corrected chi connectivity index (χ4v) is 4.75. The number of hydrogen-bond donors (Lipinski definition) is 1. The summed E-state index contributed by atoms with van der Waals surface area (Å²) in [6.07, 6.45) is 0.659. The predicted octanol–water partition coefficient (Wildman–Crippen LogP) is 3.00. The maximum atomic E-state index is 13.1. The third kappa shape index (κ3) is 2.44. The van der Waals surface area contributed by atoms with Gasteiger partial charge in [-0.2, -0.15) is 0 Å². The second-order valence-corrected chi connectivity index (χ2v) is 7.02. The Hall–Kier alpha value is -1.85. The van der Waals surface area contributed by atoms with E-state index in [4.69, 9.17) is 0 Å². The van der Waals surface area contributed by atoms with Crippen molar-refractivity contribution in [3.63, 3.8) is 0 Å². The zero-order chi connectivity index (χ0) is 15.9. The lowest BCUT2D eigenvalue weighted by atomic mass is 9.93. The largest absolute Gasteiger partial charge is 0.366 e. The Kier molecular flexibility index (Phi) is 3.62. The Morgan fingerprint density at radius 2 is 1.91 bits per heavy atom. The SMILES string of the molecule is OC1(c2ccccc2)C(Cc2ccc(F)cc2)SC2=NCCN21. The van der Waals surface area contributed by atoms with E-state index in [1.165, 1.54) is 12.1 Å². The zero-order valence-electron chi connectivity index (χ0n) is 12.5. The highest BCUT2D eigenvalue weighted by atomic mass is 32.2. The number of aliphatic hydroxyl groups is 1. The Morgan fingerprint density at radius 3 is 2.65 bits per heavy atom. The van der Waals surface area contributed by atoms with Crippen molar-refractivity contribution in [2.45, 2.75) is 17.4 Å². The molecule has 0 amide bonds. The quantitative estimate of drug-likeness (QED) is 0.941. The normalized spacial score (nSPS) is 26.3. The van der Waals surface area contributed by atoms with Gasteiger partial charge in [0.05, 0.1) is 11.8 Å². The number of nitrogens with zero attached hydrogens (tertiary/aromatic N) is 2. The van der Waals surface area contributed by atoms with Crippen LogP contribution in [0.4, 0.5) is 4.39 Å². The molecule has 1 fully saturated rings. The molecule has 5 heteroatoms. The molecular weight excluding hydrogens is 311 g/mol. The lowest BCUT2D eigenvalue weighted by molar-refractivity contribution is -0.0656. The first kappa shape index (κ1) is 14.7. The van der Waals surface area contributed by atoms with Crippen molar-refractivity contribution in [2.75, 3.05) is 13.1 Å². The van der Waals surface area contributed by atoms with Crippen molar-refractivity contribution >= 4 is 16.9 Å². The molecule has 0 aromatic heterocycles. The molecule has 1 saturated heterocycles. The second-order valence-electron chi connectivity index (χ2n) is 5.85. The van der Waals surface area contributed by atoms with Crippen LogP contribution in [0.15, 0.2) is 59.6 Å². The van der Waals surface area contributed by atoms with E-state index in [1.807, 2.05) is 35.2 Å². The van der Waals surface area contributed by atoms with Crippen LogP contribution >= 0.6 is 11.8 Å². The smallest absolute Gasteiger partial charge is 0.178 e. The van der Waals surface area contributed by atoms with Gasteiger partial charge < -0.3 is 10.0 Å². The molecule has 2 unspecified atom stereocenters. The number of benzene rings is 2. The number of hydrogen-bond acceptors (Lipinski definition) is 4. The van der Waals surface area contributed by atoms with E-state index < -0.39 is 5.72 Å². The summed E-state index contributed by atoms with van der Waals surface area (Å²) in [7, 11) is 0. The highest BCUT2D eigenvalue weighted by molar-refractivity contribution is 8.14. The van der Waals surface area contributed by atoms with Gasteiger partial charge in [0, 0.05) is 12.1 Å². The van der Waals surface area contributed by atoms with Crippen molar-refractivity contribution < 1.29 is 9.50 Å². The first-order valence-corrected chi connectivity index (χ1v) is 8.57. The Balaban J connectivity index is 1.71. The van der Waals surface area contributed by atoms with Crippen molar-refractivity contribution in [3.05, 3.63) is 71.5 Å². The van der Waals surface area contributed by atoms with Crippen molar-refractivity contribution in [1.82, 2.24) is 4.90 Å². The Labute approximate surface area is 138 Å². The van der Waals surface area contributed by atoms with E-state index >= 15 is 0 Å². The molecule has 0 bridgehead atoms. The van der Waals surface area contributed by atoms with Crippen LogP contribution in [-0.4, -0.2) is 33.5 Å². The van der Waals surface area contributed by atoms with E-state index in [9.17, 15) is 9.50 Å². The molecule has 3 nitrogen and oxygen atoms in total. The van der Waals surface area contributed by atoms with Crippen molar-refractivity contribution in [1.29, 1.82) is 0 Å². The molecule has 0 saturated carbocycles. The highest BCUT2D eigenvalue weighted by Crippen LogP contribution is 2.47. The topological polar surface area (TPSA) is 35.8 Å². The van der Waals surface area contributed by atoms with Gasteiger partial charge in [0.15, 0.2) is 10.9 Å². The molecule has 2 aromatic rings. The molecule has 0 radical (unpaired) electrons. The van der Waals surface area contributed by atoms with E-state index in [-0.39, 0.29) is 11.1 Å². The number of thioether (sulfide) groups is 1. The number of rotatable bonds is 3. The second kappa shape index (κ2) is 5.65. The summed E-state index contributed by atoms with van der Waals surface area (Å²) in [4.78, 5) is 6.51. The minimum absolute atomic E-state index is 0.0746. The average Bonchev–Trinajstić information content (AvgIpc) is 3.14. The average molecular weight is 328 g/mol. The monoisotopic (exact) mass is 328 g/mol. The van der Waals surface area contributed by atoms with Crippen molar-refractivity contribution in [3.8, 4) is 0 Å². The van der Waals surface area contributed by atoms with Crippen LogP contribution in [0.25, 0.3) is 0 Å². The summed E-state index contributed by atoms with van der Waals surface area (Å²) in [5.74, 6) is -0.240. The van der Waals surface area contributed by atoms with Gasteiger partial charge in [0.25, 0.3) is 0 Å². The van der Waals surface area contributed by atoms with Crippen LogP contribution in [0, 0.1) is 5.82 Å². The molecule has 2 heterocycles. The fraction of sp³-hybridized carbons (Fsp3) is 0.278. The minimum Gasteiger partial charge on any atom is -0.366 e. The van der Waals surface area contributed by atoms with Crippen LogP contribution < -0.4 is 0 Å². The van der Waals surface area contributed by atoms with Gasteiger partial charge in [-0.1, -0.05) is 54.2 Å². The molecule has 0 aliphatic carbocycles. The Bertz CT molecular complexity index is 734. The van der Waals surface area contributed by atoms with Gasteiger partial charge in [0.2, 0.25) is 0 Å². The number of fused-ring (bicyclic) bond motifs is 1. The first-order valence-electron chi connectivity index (χ1n) is 7.69. The van der Waals surface area contributed by atoms with Crippen LogP contribution in [0.2, 0.25) is 0 Å². The van der Waals surface area contributed by atoms with Crippen LogP contribution in [0.1, 0.15) is 11.1 Å². The van der Waals surface area contributed by atoms with Gasteiger partial charge in [0.1, 0.15) is 5.82 Å². The van der Waals surface area contributed by atoms with Gasteiger partial charge in [-0.15, -0.1) is 0 Å². The van der Waals surface area contributed by atoms with E-state index in [2.05, 4.69) is 4.99 Å². The Morgan fingerprint density at radius 1 is 1.17 bits per heavy atom. The lowest BCUT2D eigenvalue weighted by Crippen LogP contribution is -2.48. The van der Waals surface area contributed by atoms with Crippen LogP contribution in [0.5, 0.6) is 0 Å². The number of amidine groups is 1. The van der Waals surface area contributed by atoms with Crippen LogP contribution in [-0.2, 0) is 12.1 Å². The highest BCUT2D eigenvalue weighted by Gasteiger charge is 2.53. The molecule has 118 valence electrons. The molecule has 2 atom stereocenters. The van der Waals surface area contributed by atoms with Crippen molar-refractivity contribution in [2.24, 2.45) is 4.99 Å². The zero-order valence-corrected chi connectivity index (χ0v) is 13.3. The fourth-order valence-electron chi connectivity index (χ4n) is 3.27. The van der Waals surface area contributed by atoms with E-state index in [0.29, 0.717) is 6.42 Å². The molecular formula is C18H17FN2OS. The summed E-state index contributed by atoms with van der Waals surface area (Å²) in [6.45, 7) is 1.45. The summed E-state index contributed by atoms with van der Waals surface area (Å²) in [5.41, 5.74) is 0.821. The standard InChI is InChI=1S/C18H17FN2OS/c19-15-8-6-13(7-9-15)12-16-18(22,14-4-2-1-3-5-14)21-11-10-20-17(21)23-16/h1-9,16,22H,10-12H2. The van der Waals surface area contributed by atoms with Crippen LogP contribution in [0.3, 0.4) is 0 Å². The van der Waals surface area contributed by atoms with Gasteiger partial charge in [-0.25, -0.2) is 4.39 Å². The number of aliphatic imine (C=N–C) groups is 1. The van der Waals surface area contributed by atoms with E-state index in [1.54, 1.807) is 23.9 Å². The third-order valence-electron chi connectivity index (χ3n) is 4.44.